The lowest BCUT2D eigenvalue weighted by atomic mass is 9.91. The molecule has 1 saturated carbocycles. The van der Waals surface area contributed by atoms with Crippen LogP contribution in [0.4, 0.5) is 4.39 Å². The largest absolute Gasteiger partial charge is 0.466 e. The molecule has 2 aliphatic rings. The zero-order chi connectivity index (χ0) is 18.2. The van der Waals surface area contributed by atoms with Gasteiger partial charge in [0.25, 0.3) is 0 Å². The number of rotatable bonds is 7. The third-order valence-corrected chi connectivity index (χ3v) is 5.78. The Morgan fingerprint density at radius 2 is 2.20 bits per heavy atom. The number of Topliss-reactive ketones (excluding diaryl/α,β-unsaturated/α-hetero) is 1. The van der Waals surface area contributed by atoms with Crippen LogP contribution in [0, 0.1) is 17.7 Å². The molecule has 0 radical (unpaired) electrons. The minimum atomic E-state index is -0.411. The fourth-order valence-corrected chi connectivity index (χ4v) is 4.23. The fourth-order valence-electron chi connectivity index (χ4n) is 4.05. The molecule has 0 spiro atoms. The van der Waals surface area contributed by atoms with E-state index in [1.54, 1.807) is 13.0 Å². The van der Waals surface area contributed by atoms with E-state index in [0.29, 0.717) is 30.2 Å². The van der Waals surface area contributed by atoms with E-state index in [1.165, 1.54) is 12.1 Å². The number of ketones is 1. The lowest BCUT2D eigenvalue weighted by Gasteiger charge is -2.16. The first-order valence-corrected chi connectivity index (χ1v) is 9.19. The quantitative estimate of drug-likeness (QED) is 0.751. The monoisotopic (exact) mass is 367 g/mol. The van der Waals surface area contributed by atoms with Gasteiger partial charge in [-0.3, -0.25) is 9.59 Å². The highest BCUT2D eigenvalue weighted by molar-refractivity contribution is 6.30. The summed E-state index contributed by atoms with van der Waals surface area (Å²) in [4.78, 5) is 24.6. The summed E-state index contributed by atoms with van der Waals surface area (Å²) in [7, 11) is 0. The number of fused-ring (bicyclic) bond motifs is 1. The van der Waals surface area contributed by atoms with E-state index < -0.39 is 5.92 Å². The number of benzene rings is 1. The first-order valence-electron chi connectivity index (χ1n) is 8.81. The molecular weight excluding hydrogens is 345 g/mol. The Hall–Kier alpha value is -1.46. The summed E-state index contributed by atoms with van der Waals surface area (Å²) >= 11 is 6.02. The van der Waals surface area contributed by atoms with Gasteiger partial charge in [0.15, 0.2) is 5.78 Å². The molecule has 6 heteroatoms. The van der Waals surface area contributed by atoms with Crippen LogP contribution in [0.25, 0.3) is 0 Å². The van der Waals surface area contributed by atoms with Gasteiger partial charge in [-0.1, -0.05) is 18.5 Å². The van der Waals surface area contributed by atoms with Crippen LogP contribution < -0.4 is 5.32 Å². The van der Waals surface area contributed by atoms with Crippen LogP contribution in [0.3, 0.4) is 0 Å². The van der Waals surface area contributed by atoms with Gasteiger partial charge in [0, 0.05) is 23.4 Å². The number of esters is 1. The molecule has 1 aliphatic carbocycles. The standard InChI is InChI=1S/C19H23ClFNO3/c1-3-11(18(24)25-4-2)7-16(23)17-14-9-19(14,10-22-17)13-8-12(20)5-6-15(13)21/h5-6,8,11,14,17,22H,3-4,7,9-10H2,1-2H3/t11?,14-,17?,19+/m0/s1. The number of nitrogens with one attached hydrogen (secondary N) is 1. The molecule has 2 fully saturated rings. The molecule has 25 heavy (non-hydrogen) atoms. The molecule has 1 aromatic carbocycles. The Labute approximate surface area is 152 Å². The Morgan fingerprint density at radius 1 is 1.44 bits per heavy atom. The normalized spacial score (nSPS) is 28.3. The number of halogens is 2. The van der Waals surface area contributed by atoms with Crippen molar-refractivity contribution < 1.29 is 18.7 Å². The Bertz CT molecular complexity index is 695. The van der Waals surface area contributed by atoms with Crippen molar-refractivity contribution in [2.24, 2.45) is 11.8 Å². The molecule has 0 amide bonds. The summed E-state index contributed by atoms with van der Waals surface area (Å²) in [6.45, 7) is 4.50. The molecule has 0 bridgehead atoms. The van der Waals surface area contributed by atoms with Crippen molar-refractivity contribution in [2.75, 3.05) is 13.2 Å². The maximum absolute atomic E-state index is 14.2. The summed E-state index contributed by atoms with van der Waals surface area (Å²) in [6, 6.07) is 4.25. The minimum absolute atomic E-state index is 0.00622. The highest BCUT2D eigenvalue weighted by atomic mass is 35.5. The van der Waals surface area contributed by atoms with Gasteiger partial charge in [-0.05, 0) is 49.4 Å². The van der Waals surface area contributed by atoms with Crippen molar-refractivity contribution in [2.45, 2.75) is 44.6 Å². The second-order valence-electron chi connectivity index (χ2n) is 6.98. The number of piperidine rings is 1. The van der Waals surface area contributed by atoms with Crippen molar-refractivity contribution >= 4 is 23.4 Å². The second kappa shape index (κ2) is 7.04. The van der Waals surface area contributed by atoms with Gasteiger partial charge < -0.3 is 10.1 Å². The lowest BCUT2D eigenvalue weighted by Crippen LogP contribution is -2.37. The first kappa shape index (κ1) is 18.3. The van der Waals surface area contributed by atoms with Crippen LogP contribution in [0.2, 0.25) is 5.02 Å². The van der Waals surface area contributed by atoms with Crippen LogP contribution in [0.5, 0.6) is 0 Å². The Kier molecular flexibility index (Phi) is 5.16. The van der Waals surface area contributed by atoms with Gasteiger partial charge in [0.1, 0.15) is 5.82 Å². The predicted octanol–water partition coefficient (Wildman–Crippen LogP) is 3.26. The molecule has 2 unspecified atom stereocenters. The Balaban J connectivity index is 1.70. The highest BCUT2D eigenvalue weighted by Gasteiger charge is 2.65. The molecule has 1 aliphatic heterocycles. The SMILES string of the molecule is CCOC(=O)C(CC)CC(=O)C1NC[C@@]2(c3cc(Cl)ccc3F)C[C@@H]12. The molecule has 4 nitrogen and oxygen atoms in total. The predicted molar refractivity (Wildman–Crippen MR) is 93.0 cm³/mol. The topological polar surface area (TPSA) is 55.4 Å². The third kappa shape index (κ3) is 3.32. The van der Waals surface area contributed by atoms with E-state index >= 15 is 0 Å². The number of carbonyl (C=O) groups is 2. The first-order chi connectivity index (χ1) is 11.9. The van der Waals surface area contributed by atoms with Crippen LogP contribution >= 0.6 is 11.6 Å². The third-order valence-electron chi connectivity index (χ3n) is 5.55. The maximum Gasteiger partial charge on any atom is 0.309 e. The molecule has 136 valence electrons. The molecule has 1 N–H and O–H groups in total. The van der Waals surface area contributed by atoms with Crippen LogP contribution in [-0.2, 0) is 19.7 Å². The molecule has 4 atom stereocenters. The smallest absolute Gasteiger partial charge is 0.309 e. The van der Waals surface area contributed by atoms with Crippen molar-refractivity contribution in [3.8, 4) is 0 Å². The summed E-state index contributed by atoms with van der Waals surface area (Å²) < 4.78 is 19.3. The van der Waals surface area contributed by atoms with E-state index in [4.69, 9.17) is 16.3 Å². The Morgan fingerprint density at radius 3 is 2.84 bits per heavy atom. The maximum atomic E-state index is 14.2. The number of hydrogen-bond acceptors (Lipinski definition) is 4. The summed E-state index contributed by atoms with van der Waals surface area (Å²) in [5.74, 6) is -0.940. The van der Waals surface area contributed by atoms with Gasteiger partial charge in [-0.15, -0.1) is 0 Å². The molecule has 3 rings (SSSR count). The van der Waals surface area contributed by atoms with E-state index in [1.807, 2.05) is 6.92 Å². The van der Waals surface area contributed by atoms with E-state index in [9.17, 15) is 14.0 Å². The summed E-state index contributed by atoms with van der Waals surface area (Å²) in [6.07, 6.45) is 1.50. The van der Waals surface area contributed by atoms with Gasteiger partial charge in [-0.2, -0.15) is 0 Å². The van der Waals surface area contributed by atoms with Gasteiger partial charge in [0.2, 0.25) is 0 Å². The van der Waals surface area contributed by atoms with Gasteiger partial charge in [0.05, 0.1) is 18.6 Å². The van der Waals surface area contributed by atoms with Crippen LogP contribution in [-0.4, -0.2) is 30.9 Å². The van der Waals surface area contributed by atoms with Crippen molar-refractivity contribution in [3.05, 3.63) is 34.6 Å². The molecule has 1 heterocycles. The van der Waals surface area contributed by atoms with E-state index in [-0.39, 0.29) is 41.4 Å². The van der Waals surface area contributed by atoms with Crippen LogP contribution in [0.1, 0.15) is 38.7 Å². The van der Waals surface area contributed by atoms with Crippen LogP contribution in [0.15, 0.2) is 18.2 Å². The highest BCUT2D eigenvalue weighted by Crippen LogP contribution is 2.60. The van der Waals surface area contributed by atoms with Crippen molar-refractivity contribution in [1.82, 2.24) is 5.32 Å². The molecule has 1 saturated heterocycles. The van der Waals surface area contributed by atoms with Gasteiger partial charge >= 0.3 is 5.97 Å². The molecule has 1 aromatic rings. The lowest BCUT2D eigenvalue weighted by molar-refractivity contribution is -0.149. The molecular formula is C19H23ClFNO3. The van der Waals surface area contributed by atoms with Crippen molar-refractivity contribution in [3.63, 3.8) is 0 Å². The fraction of sp³-hybridized carbons (Fsp3) is 0.579. The average molecular weight is 368 g/mol. The summed E-state index contributed by atoms with van der Waals surface area (Å²) in [5.41, 5.74) is 0.242. The number of ether oxygens (including phenoxy) is 1. The number of hydrogen-bond donors (Lipinski definition) is 1. The summed E-state index contributed by atoms with van der Waals surface area (Å²) in [5, 5.41) is 3.73. The number of carbonyl (C=O) groups excluding carboxylic acids is 2. The average Bonchev–Trinajstić information content (AvgIpc) is 3.20. The second-order valence-corrected chi connectivity index (χ2v) is 7.41. The zero-order valence-corrected chi connectivity index (χ0v) is 15.2. The minimum Gasteiger partial charge on any atom is -0.466 e. The van der Waals surface area contributed by atoms with Crippen molar-refractivity contribution in [1.29, 1.82) is 0 Å². The van der Waals surface area contributed by atoms with Gasteiger partial charge in [-0.25, -0.2) is 4.39 Å². The zero-order valence-electron chi connectivity index (χ0n) is 14.5. The van der Waals surface area contributed by atoms with E-state index in [2.05, 4.69) is 5.32 Å². The molecule has 0 aromatic heterocycles. The van der Waals surface area contributed by atoms with E-state index in [0.717, 1.165) is 6.42 Å².